The van der Waals surface area contributed by atoms with E-state index in [1.54, 1.807) is 17.0 Å². The summed E-state index contributed by atoms with van der Waals surface area (Å²) >= 11 is 0. The summed E-state index contributed by atoms with van der Waals surface area (Å²) in [6.45, 7) is 13.2. The van der Waals surface area contributed by atoms with E-state index in [0.29, 0.717) is 12.1 Å². The molecule has 9 heteroatoms. The van der Waals surface area contributed by atoms with Gasteiger partial charge >= 0.3 is 0 Å². The van der Waals surface area contributed by atoms with Crippen molar-refractivity contribution in [1.29, 1.82) is 0 Å². The second-order valence-electron chi connectivity index (χ2n) is 9.39. The summed E-state index contributed by atoms with van der Waals surface area (Å²) in [4.78, 5) is 30.9. The average molecular weight is 491 g/mol. The summed E-state index contributed by atoms with van der Waals surface area (Å²) in [5, 5.41) is 16.2. The number of carbonyl (C=O) groups is 1. The molecule has 0 spiro atoms. The third-order valence-electron chi connectivity index (χ3n) is 6.79. The zero-order chi connectivity index (χ0) is 25.8. The number of para-hydroxylation sites is 1. The molecule has 36 heavy (non-hydrogen) atoms. The van der Waals surface area contributed by atoms with Crippen molar-refractivity contribution in [2.24, 2.45) is 0 Å². The van der Waals surface area contributed by atoms with Crippen molar-refractivity contribution in [3.05, 3.63) is 81.5 Å². The monoisotopic (exact) mass is 490 g/mol. The van der Waals surface area contributed by atoms with E-state index >= 15 is 0 Å². The van der Waals surface area contributed by atoms with Gasteiger partial charge < -0.3 is 14.7 Å². The minimum atomic E-state index is -0.474. The number of piperazine rings is 1. The Bertz CT molecular complexity index is 1220. The SMILES string of the molecule is CCN1CCN(c2c(CN(C(=O)c3cccc([N+](=O)[O-])c3)C(C)C)c(C)nn2-c2ccccc2)CC1. The molecule has 3 aromatic rings. The number of rotatable bonds is 8. The first-order valence-corrected chi connectivity index (χ1v) is 12.5. The van der Waals surface area contributed by atoms with Crippen molar-refractivity contribution in [3.63, 3.8) is 0 Å². The van der Waals surface area contributed by atoms with Crippen LogP contribution in [0.3, 0.4) is 0 Å². The van der Waals surface area contributed by atoms with E-state index in [1.165, 1.54) is 12.1 Å². The van der Waals surface area contributed by atoms with Gasteiger partial charge in [-0.25, -0.2) is 4.68 Å². The van der Waals surface area contributed by atoms with E-state index in [9.17, 15) is 14.9 Å². The normalized spacial score (nSPS) is 14.3. The lowest BCUT2D eigenvalue weighted by Crippen LogP contribution is -2.47. The molecule has 1 fully saturated rings. The highest BCUT2D eigenvalue weighted by atomic mass is 16.6. The van der Waals surface area contributed by atoms with Gasteiger partial charge in [0.1, 0.15) is 5.82 Å². The van der Waals surface area contributed by atoms with Gasteiger partial charge in [0.05, 0.1) is 22.8 Å². The number of anilines is 1. The van der Waals surface area contributed by atoms with Gasteiger partial charge in [0.15, 0.2) is 0 Å². The first kappa shape index (κ1) is 25.4. The van der Waals surface area contributed by atoms with Crippen LogP contribution in [0.2, 0.25) is 0 Å². The Labute approximate surface area is 212 Å². The van der Waals surface area contributed by atoms with Crippen molar-refractivity contribution in [3.8, 4) is 5.69 Å². The third-order valence-corrected chi connectivity index (χ3v) is 6.79. The Balaban J connectivity index is 1.73. The molecule has 0 N–H and O–H groups in total. The Morgan fingerprint density at radius 1 is 1.08 bits per heavy atom. The summed E-state index contributed by atoms with van der Waals surface area (Å²) < 4.78 is 1.99. The van der Waals surface area contributed by atoms with Crippen LogP contribution in [0.1, 0.15) is 42.4 Å². The largest absolute Gasteiger partial charge is 0.354 e. The van der Waals surface area contributed by atoms with Crippen molar-refractivity contribution in [2.75, 3.05) is 37.6 Å². The summed E-state index contributed by atoms with van der Waals surface area (Å²) in [6.07, 6.45) is 0. The van der Waals surface area contributed by atoms with Gasteiger partial charge in [-0.15, -0.1) is 0 Å². The molecule has 2 aromatic carbocycles. The molecule has 1 aromatic heterocycles. The molecule has 0 radical (unpaired) electrons. The first-order valence-electron chi connectivity index (χ1n) is 12.5. The molecule has 1 saturated heterocycles. The smallest absolute Gasteiger partial charge is 0.270 e. The number of amides is 1. The Morgan fingerprint density at radius 3 is 2.39 bits per heavy atom. The Hall–Kier alpha value is -3.72. The molecule has 1 aliphatic rings. The number of benzene rings is 2. The maximum atomic E-state index is 13.6. The van der Waals surface area contributed by atoms with Crippen LogP contribution in [0.25, 0.3) is 5.69 Å². The van der Waals surface area contributed by atoms with Crippen LogP contribution in [0, 0.1) is 17.0 Å². The van der Waals surface area contributed by atoms with Crippen LogP contribution in [-0.4, -0.2) is 69.2 Å². The lowest BCUT2D eigenvalue weighted by atomic mass is 10.1. The lowest BCUT2D eigenvalue weighted by molar-refractivity contribution is -0.384. The predicted molar refractivity (Wildman–Crippen MR) is 141 cm³/mol. The van der Waals surface area contributed by atoms with E-state index in [2.05, 4.69) is 16.7 Å². The molecule has 0 saturated carbocycles. The van der Waals surface area contributed by atoms with Crippen molar-refractivity contribution in [2.45, 2.75) is 40.3 Å². The summed E-state index contributed by atoms with van der Waals surface area (Å²) in [5.74, 6) is 0.772. The fourth-order valence-electron chi connectivity index (χ4n) is 4.66. The highest BCUT2D eigenvalue weighted by Gasteiger charge is 2.29. The highest BCUT2D eigenvalue weighted by molar-refractivity contribution is 5.95. The number of nitrogens with zero attached hydrogens (tertiary/aromatic N) is 6. The molecule has 0 bridgehead atoms. The molecular weight excluding hydrogens is 456 g/mol. The molecule has 1 aliphatic heterocycles. The van der Waals surface area contributed by atoms with E-state index in [4.69, 9.17) is 5.10 Å². The zero-order valence-corrected chi connectivity index (χ0v) is 21.4. The number of likely N-dealkylation sites (N-methyl/N-ethyl adjacent to an activating group) is 1. The number of hydrogen-bond acceptors (Lipinski definition) is 6. The minimum Gasteiger partial charge on any atom is -0.354 e. The van der Waals surface area contributed by atoms with Gasteiger partial charge in [0.25, 0.3) is 11.6 Å². The molecule has 9 nitrogen and oxygen atoms in total. The quantitative estimate of drug-likeness (QED) is 0.346. The molecule has 2 heterocycles. The third kappa shape index (κ3) is 5.26. The van der Waals surface area contributed by atoms with E-state index < -0.39 is 4.92 Å². The minimum absolute atomic E-state index is 0.0906. The van der Waals surface area contributed by atoms with Crippen LogP contribution in [0.5, 0.6) is 0 Å². The van der Waals surface area contributed by atoms with E-state index in [-0.39, 0.29) is 17.6 Å². The zero-order valence-electron chi connectivity index (χ0n) is 21.4. The Morgan fingerprint density at radius 2 is 1.78 bits per heavy atom. The molecule has 190 valence electrons. The average Bonchev–Trinajstić information content (AvgIpc) is 3.23. The second-order valence-corrected chi connectivity index (χ2v) is 9.39. The van der Waals surface area contributed by atoms with Crippen LogP contribution >= 0.6 is 0 Å². The van der Waals surface area contributed by atoms with Crippen LogP contribution in [0.4, 0.5) is 11.5 Å². The van der Waals surface area contributed by atoms with Crippen molar-refractivity contribution in [1.82, 2.24) is 19.6 Å². The first-order chi connectivity index (χ1) is 17.3. The molecule has 4 rings (SSSR count). The second kappa shape index (κ2) is 10.9. The lowest BCUT2D eigenvalue weighted by Gasteiger charge is -2.36. The number of aromatic nitrogens is 2. The maximum Gasteiger partial charge on any atom is 0.270 e. The molecule has 0 aliphatic carbocycles. The van der Waals surface area contributed by atoms with Gasteiger partial charge in [-0.3, -0.25) is 14.9 Å². The highest BCUT2D eigenvalue weighted by Crippen LogP contribution is 2.31. The van der Waals surface area contributed by atoms with Crippen LogP contribution < -0.4 is 4.90 Å². The number of nitro benzene ring substituents is 1. The predicted octanol–water partition coefficient (Wildman–Crippen LogP) is 4.28. The number of non-ortho nitro benzene ring substituents is 1. The van der Waals surface area contributed by atoms with Crippen LogP contribution in [-0.2, 0) is 6.54 Å². The summed E-state index contributed by atoms with van der Waals surface area (Å²) in [6, 6.07) is 15.9. The maximum absolute atomic E-state index is 13.6. The fourth-order valence-corrected chi connectivity index (χ4v) is 4.66. The Kier molecular flexibility index (Phi) is 7.69. The van der Waals surface area contributed by atoms with E-state index in [0.717, 1.165) is 55.5 Å². The number of aryl methyl sites for hydroxylation is 1. The fraction of sp³-hybridized carbons (Fsp3) is 0.407. The summed E-state index contributed by atoms with van der Waals surface area (Å²) in [7, 11) is 0. The van der Waals surface area contributed by atoms with Gasteiger partial charge in [0.2, 0.25) is 0 Å². The molecule has 0 unspecified atom stereocenters. The van der Waals surface area contributed by atoms with E-state index in [1.807, 2.05) is 55.8 Å². The standard InChI is InChI=1S/C27H34N6O3/c1-5-29-14-16-30(17-15-29)26-25(21(4)28-32(26)23-11-7-6-8-12-23)19-31(20(2)3)27(34)22-10-9-13-24(18-22)33(35)36/h6-13,18,20H,5,14-17,19H2,1-4H3. The van der Waals surface area contributed by atoms with Gasteiger partial charge in [0, 0.05) is 55.5 Å². The van der Waals surface area contributed by atoms with Crippen molar-refractivity contribution >= 4 is 17.4 Å². The summed E-state index contributed by atoms with van der Waals surface area (Å²) in [5.41, 5.74) is 3.05. The number of hydrogen-bond donors (Lipinski definition) is 0. The van der Waals surface area contributed by atoms with Gasteiger partial charge in [-0.2, -0.15) is 5.10 Å². The molecular formula is C27H34N6O3. The topological polar surface area (TPSA) is 87.8 Å². The van der Waals surface area contributed by atoms with Gasteiger partial charge in [-0.05, 0) is 45.5 Å². The van der Waals surface area contributed by atoms with Crippen LogP contribution in [0.15, 0.2) is 54.6 Å². The van der Waals surface area contributed by atoms with Gasteiger partial charge in [-0.1, -0.05) is 31.2 Å². The molecule has 1 amide bonds. The number of nitro groups is 1. The molecule has 0 atom stereocenters. The van der Waals surface area contributed by atoms with Crippen molar-refractivity contribution < 1.29 is 9.72 Å². The number of carbonyl (C=O) groups excluding carboxylic acids is 1.